The Balaban J connectivity index is 1.24. The lowest BCUT2D eigenvalue weighted by molar-refractivity contribution is 0.0741. The summed E-state index contributed by atoms with van der Waals surface area (Å²) < 4.78 is 29.4. The fourth-order valence-corrected chi connectivity index (χ4v) is 6.92. The molecule has 4 heterocycles. The summed E-state index contributed by atoms with van der Waals surface area (Å²) in [6, 6.07) is 11.4. The average Bonchev–Trinajstić information content (AvgIpc) is 3.40. The minimum absolute atomic E-state index is 0.0676. The van der Waals surface area contributed by atoms with Crippen LogP contribution in [0.25, 0.3) is 10.9 Å². The number of carbonyl (C=O) groups is 1. The Bertz CT molecular complexity index is 1510. The summed E-state index contributed by atoms with van der Waals surface area (Å²) in [4.78, 5) is 27.5. The number of piperazine rings is 2. The summed E-state index contributed by atoms with van der Waals surface area (Å²) in [5.74, 6) is 0.837. The van der Waals surface area contributed by atoms with Crippen LogP contribution in [0.15, 0.2) is 42.6 Å². The molecule has 4 N–H and O–H groups in total. The third-order valence-electron chi connectivity index (χ3n) is 8.44. The van der Waals surface area contributed by atoms with E-state index >= 15 is 0 Å². The maximum Gasteiger partial charge on any atom is 0.270 e. The van der Waals surface area contributed by atoms with Crippen molar-refractivity contribution in [3.8, 4) is 0 Å². The van der Waals surface area contributed by atoms with Gasteiger partial charge in [0.1, 0.15) is 11.1 Å². The molecule has 2 aliphatic rings. The van der Waals surface area contributed by atoms with E-state index in [9.17, 15) is 13.2 Å². The number of pyridine rings is 1. The van der Waals surface area contributed by atoms with Crippen molar-refractivity contribution in [1.29, 1.82) is 0 Å². The van der Waals surface area contributed by atoms with Crippen molar-refractivity contribution < 1.29 is 13.2 Å². The molecule has 1 unspecified atom stereocenters. The van der Waals surface area contributed by atoms with Gasteiger partial charge < -0.3 is 20.1 Å². The van der Waals surface area contributed by atoms with Gasteiger partial charge >= 0.3 is 0 Å². The van der Waals surface area contributed by atoms with E-state index in [1.54, 1.807) is 24.4 Å². The molecule has 11 nitrogen and oxygen atoms in total. The zero-order chi connectivity index (χ0) is 30.1. The number of benzene rings is 1. The zero-order valence-corrected chi connectivity index (χ0v) is 26.1. The Morgan fingerprint density at radius 2 is 1.88 bits per heavy atom. The molecule has 2 aromatic heterocycles. The standard InChI is InChI=1S/C30H44N8O3S/c1-6-30(4,5)38-13-12-31-27(20-38)42(40,41)35-23-9-10-24-22(18-23)19-26(34-24)29(39)37-16-14-36(15-17-37)28-25(33-21(2)3)8-7-11-32-28/h7-11,18-19,21,27,31,33-35H,6,12-17,20H2,1-5H3. The van der Waals surface area contributed by atoms with Crippen LogP contribution in [0.1, 0.15) is 51.5 Å². The summed E-state index contributed by atoms with van der Waals surface area (Å²) in [5.41, 5.74) is 2.68. The number of aromatic nitrogens is 2. The highest BCUT2D eigenvalue weighted by molar-refractivity contribution is 7.93. The molecule has 1 atom stereocenters. The van der Waals surface area contributed by atoms with Gasteiger partial charge in [-0.2, -0.15) is 0 Å². The Hall–Kier alpha value is -3.35. The predicted octanol–water partition coefficient (Wildman–Crippen LogP) is 3.51. The van der Waals surface area contributed by atoms with E-state index in [0.717, 1.165) is 35.4 Å². The van der Waals surface area contributed by atoms with Gasteiger partial charge in [-0.05, 0) is 70.5 Å². The van der Waals surface area contributed by atoms with Crippen LogP contribution in [0.3, 0.4) is 0 Å². The van der Waals surface area contributed by atoms with Crippen molar-refractivity contribution in [3.05, 3.63) is 48.3 Å². The number of amides is 1. The highest BCUT2D eigenvalue weighted by Gasteiger charge is 2.36. The molecule has 0 radical (unpaired) electrons. The Kier molecular flexibility index (Phi) is 8.68. The fraction of sp³-hybridized carbons (Fsp3) is 0.533. The van der Waals surface area contributed by atoms with Gasteiger partial charge in [-0.1, -0.05) is 6.92 Å². The third-order valence-corrected chi connectivity index (χ3v) is 10.0. The van der Waals surface area contributed by atoms with Gasteiger partial charge in [-0.15, -0.1) is 0 Å². The fourth-order valence-electron chi connectivity index (χ4n) is 5.61. The maximum atomic E-state index is 13.4. The monoisotopic (exact) mass is 596 g/mol. The molecule has 2 saturated heterocycles. The number of fused-ring (bicyclic) bond motifs is 1. The van der Waals surface area contributed by atoms with Crippen molar-refractivity contribution in [2.75, 3.05) is 60.8 Å². The molecule has 12 heteroatoms. The molecular weight excluding hydrogens is 552 g/mol. The van der Waals surface area contributed by atoms with Gasteiger partial charge in [-0.3, -0.25) is 19.7 Å². The van der Waals surface area contributed by atoms with E-state index < -0.39 is 15.4 Å². The van der Waals surface area contributed by atoms with Gasteiger partial charge in [0.15, 0.2) is 5.82 Å². The first-order chi connectivity index (χ1) is 20.0. The lowest BCUT2D eigenvalue weighted by Crippen LogP contribution is -2.60. The van der Waals surface area contributed by atoms with Crippen LogP contribution in [-0.4, -0.2) is 96.9 Å². The number of H-pyrrole nitrogens is 1. The first kappa shape index (κ1) is 30.1. The molecule has 5 rings (SSSR count). The van der Waals surface area contributed by atoms with E-state index in [0.29, 0.717) is 56.7 Å². The molecule has 0 saturated carbocycles. The molecule has 0 aliphatic carbocycles. The SMILES string of the molecule is CCC(C)(C)N1CCNC(S(=O)(=O)Nc2ccc3[nH]c(C(=O)N4CCN(c5ncccc5NC(C)C)CC4)cc3c2)C1. The van der Waals surface area contributed by atoms with Gasteiger partial charge in [0.2, 0.25) is 10.0 Å². The smallest absolute Gasteiger partial charge is 0.270 e. The molecule has 0 bridgehead atoms. The number of hydrogen-bond donors (Lipinski definition) is 4. The van der Waals surface area contributed by atoms with E-state index in [1.165, 1.54) is 0 Å². The molecule has 42 heavy (non-hydrogen) atoms. The van der Waals surface area contributed by atoms with Crippen molar-refractivity contribution >= 4 is 44.0 Å². The van der Waals surface area contributed by atoms with Crippen LogP contribution in [0.4, 0.5) is 17.2 Å². The molecule has 1 amide bonds. The Morgan fingerprint density at radius 3 is 2.60 bits per heavy atom. The zero-order valence-electron chi connectivity index (χ0n) is 25.3. The van der Waals surface area contributed by atoms with Gasteiger partial charge in [-0.25, -0.2) is 13.4 Å². The number of anilines is 3. The summed E-state index contributed by atoms with van der Waals surface area (Å²) in [6.45, 7) is 15.0. The highest BCUT2D eigenvalue weighted by atomic mass is 32.2. The van der Waals surface area contributed by atoms with Gasteiger partial charge in [0, 0.05) is 80.2 Å². The summed E-state index contributed by atoms with van der Waals surface area (Å²) in [6.07, 6.45) is 2.74. The second-order valence-electron chi connectivity index (χ2n) is 12.1. The van der Waals surface area contributed by atoms with E-state index in [-0.39, 0.29) is 11.4 Å². The number of hydrogen-bond acceptors (Lipinski definition) is 8. The van der Waals surface area contributed by atoms with E-state index in [4.69, 9.17) is 0 Å². The van der Waals surface area contributed by atoms with Crippen LogP contribution >= 0.6 is 0 Å². The molecule has 2 fully saturated rings. The van der Waals surface area contributed by atoms with Crippen molar-refractivity contribution in [2.24, 2.45) is 0 Å². The third kappa shape index (κ3) is 6.50. The number of aromatic amines is 1. The predicted molar refractivity (Wildman–Crippen MR) is 170 cm³/mol. The van der Waals surface area contributed by atoms with Crippen LogP contribution in [-0.2, 0) is 10.0 Å². The first-order valence-corrected chi connectivity index (χ1v) is 16.4. The summed E-state index contributed by atoms with van der Waals surface area (Å²) >= 11 is 0. The van der Waals surface area contributed by atoms with E-state index in [1.807, 2.05) is 23.1 Å². The quantitative estimate of drug-likeness (QED) is 0.296. The van der Waals surface area contributed by atoms with Crippen molar-refractivity contribution in [2.45, 2.75) is 58.0 Å². The number of nitrogens with one attached hydrogen (secondary N) is 4. The Labute approximate surface area is 249 Å². The maximum absolute atomic E-state index is 13.4. The largest absolute Gasteiger partial charge is 0.380 e. The molecule has 0 spiro atoms. The van der Waals surface area contributed by atoms with Gasteiger partial charge in [0.25, 0.3) is 5.91 Å². The number of rotatable bonds is 9. The number of nitrogens with zero attached hydrogens (tertiary/aromatic N) is 4. The summed E-state index contributed by atoms with van der Waals surface area (Å²) in [7, 11) is -3.67. The molecule has 2 aliphatic heterocycles. The lowest BCUT2D eigenvalue weighted by atomic mass is 9.98. The van der Waals surface area contributed by atoms with Crippen LogP contribution < -0.4 is 20.3 Å². The Morgan fingerprint density at radius 1 is 1.12 bits per heavy atom. The number of carbonyl (C=O) groups excluding carboxylic acids is 1. The second kappa shape index (κ2) is 12.1. The molecule has 3 aromatic rings. The van der Waals surface area contributed by atoms with Crippen molar-refractivity contribution in [3.63, 3.8) is 0 Å². The van der Waals surface area contributed by atoms with Gasteiger partial charge in [0.05, 0.1) is 5.69 Å². The molecule has 228 valence electrons. The minimum atomic E-state index is -3.67. The van der Waals surface area contributed by atoms with Crippen LogP contribution in [0.2, 0.25) is 0 Å². The highest BCUT2D eigenvalue weighted by Crippen LogP contribution is 2.27. The first-order valence-electron chi connectivity index (χ1n) is 14.9. The van der Waals surface area contributed by atoms with Crippen LogP contribution in [0, 0.1) is 0 Å². The number of sulfonamides is 1. The normalized spacial score (nSPS) is 19.0. The lowest BCUT2D eigenvalue weighted by Gasteiger charge is -2.43. The molecule has 1 aromatic carbocycles. The minimum Gasteiger partial charge on any atom is -0.380 e. The average molecular weight is 597 g/mol. The molecular formula is C30H44N8O3S. The van der Waals surface area contributed by atoms with Crippen LogP contribution in [0.5, 0.6) is 0 Å². The van der Waals surface area contributed by atoms with Crippen molar-refractivity contribution in [1.82, 2.24) is 25.1 Å². The van der Waals surface area contributed by atoms with E-state index in [2.05, 4.69) is 69.7 Å². The summed E-state index contributed by atoms with van der Waals surface area (Å²) in [5, 5.41) is 6.69. The second-order valence-corrected chi connectivity index (χ2v) is 14.0. The topological polar surface area (TPSA) is 126 Å².